The molecule has 1 aliphatic heterocycles. The molecule has 1 aliphatic rings. The molecule has 1 saturated heterocycles. The first kappa shape index (κ1) is 23.4. The van der Waals surface area contributed by atoms with E-state index in [1.54, 1.807) is 24.3 Å². The molecule has 1 heterocycles. The maximum Gasteiger partial charge on any atom is 0.338 e. The molecule has 170 valence electrons. The van der Waals surface area contributed by atoms with Crippen LogP contribution in [0.4, 0.5) is 11.4 Å². The molecule has 2 aromatic rings. The largest absolute Gasteiger partial charge is 0.449 e. The minimum absolute atomic E-state index is 0.0187. The number of ether oxygens (including phenoxy) is 1. The summed E-state index contributed by atoms with van der Waals surface area (Å²) in [6, 6.07) is 12.1. The molecular weight excluding hydrogens is 434 g/mol. The SMILES string of the molecule is CC(=O)Nc1ccc(NC(=O)[C@@H](C)OC(=O)c2cccc(S(=O)(=O)N3CCCC3)c2)cc1. The third kappa shape index (κ3) is 5.71. The van der Waals surface area contributed by atoms with Gasteiger partial charge in [0.2, 0.25) is 15.9 Å². The minimum atomic E-state index is -3.67. The zero-order chi connectivity index (χ0) is 23.3. The van der Waals surface area contributed by atoms with Gasteiger partial charge in [0, 0.05) is 31.4 Å². The molecule has 2 aromatic carbocycles. The topological polar surface area (TPSA) is 122 Å². The van der Waals surface area contributed by atoms with Gasteiger partial charge < -0.3 is 15.4 Å². The number of nitrogens with zero attached hydrogens (tertiary/aromatic N) is 1. The standard InChI is InChI=1S/C22H25N3O6S/c1-15(21(27)24-19-10-8-18(9-11-19)23-16(2)26)31-22(28)17-6-5-7-20(14-17)32(29,30)25-12-3-4-13-25/h5-11,14-15H,3-4,12-13H2,1-2H3,(H,23,26)(H,24,27)/t15-/m1/s1. The van der Waals surface area contributed by atoms with Crippen LogP contribution < -0.4 is 10.6 Å². The van der Waals surface area contributed by atoms with Crippen molar-refractivity contribution in [3.8, 4) is 0 Å². The summed E-state index contributed by atoms with van der Waals surface area (Å²) in [5.74, 6) is -1.56. The molecule has 0 radical (unpaired) electrons. The van der Waals surface area contributed by atoms with Crippen molar-refractivity contribution in [1.82, 2.24) is 4.31 Å². The van der Waals surface area contributed by atoms with Gasteiger partial charge in [0.25, 0.3) is 5.91 Å². The van der Waals surface area contributed by atoms with Crippen molar-refractivity contribution in [2.75, 3.05) is 23.7 Å². The fourth-order valence-corrected chi connectivity index (χ4v) is 4.79. The van der Waals surface area contributed by atoms with E-state index >= 15 is 0 Å². The summed E-state index contributed by atoms with van der Waals surface area (Å²) in [7, 11) is -3.67. The first-order chi connectivity index (χ1) is 15.2. The van der Waals surface area contributed by atoms with Crippen LogP contribution in [0.3, 0.4) is 0 Å². The van der Waals surface area contributed by atoms with Crippen LogP contribution in [0, 0.1) is 0 Å². The molecule has 0 spiro atoms. The average Bonchev–Trinajstić information content (AvgIpc) is 3.30. The van der Waals surface area contributed by atoms with E-state index in [2.05, 4.69) is 10.6 Å². The lowest BCUT2D eigenvalue weighted by atomic mass is 10.2. The van der Waals surface area contributed by atoms with E-state index in [9.17, 15) is 22.8 Å². The Balaban J connectivity index is 1.62. The second-order valence-electron chi connectivity index (χ2n) is 7.43. The highest BCUT2D eigenvalue weighted by Gasteiger charge is 2.28. The van der Waals surface area contributed by atoms with E-state index in [0.29, 0.717) is 24.5 Å². The Morgan fingerprint density at radius 2 is 1.56 bits per heavy atom. The van der Waals surface area contributed by atoms with Crippen LogP contribution >= 0.6 is 0 Å². The van der Waals surface area contributed by atoms with Gasteiger partial charge in [0.05, 0.1) is 10.5 Å². The number of esters is 1. The van der Waals surface area contributed by atoms with Crippen LogP contribution in [0.2, 0.25) is 0 Å². The van der Waals surface area contributed by atoms with E-state index in [-0.39, 0.29) is 16.4 Å². The smallest absolute Gasteiger partial charge is 0.338 e. The third-order valence-corrected chi connectivity index (χ3v) is 6.79. The van der Waals surface area contributed by atoms with Gasteiger partial charge in [-0.1, -0.05) is 6.07 Å². The van der Waals surface area contributed by atoms with Gasteiger partial charge in [-0.2, -0.15) is 4.31 Å². The van der Waals surface area contributed by atoms with E-state index < -0.39 is 28.0 Å². The maximum atomic E-state index is 12.7. The van der Waals surface area contributed by atoms with Crippen LogP contribution in [0.5, 0.6) is 0 Å². The maximum absolute atomic E-state index is 12.7. The number of nitrogens with one attached hydrogen (secondary N) is 2. The number of carbonyl (C=O) groups is 3. The lowest BCUT2D eigenvalue weighted by Crippen LogP contribution is -2.30. The molecule has 0 aromatic heterocycles. The molecule has 1 fully saturated rings. The quantitative estimate of drug-likeness (QED) is 0.614. The van der Waals surface area contributed by atoms with Crippen LogP contribution in [0.25, 0.3) is 0 Å². The summed E-state index contributed by atoms with van der Waals surface area (Å²) >= 11 is 0. The second-order valence-corrected chi connectivity index (χ2v) is 9.37. The number of sulfonamides is 1. The summed E-state index contributed by atoms with van der Waals surface area (Å²) < 4.78 is 32.0. The van der Waals surface area contributed by atoms with Crippen LogP contribution in [-0.4, -0.2) is 49.7 Å². The first-order valence-corrected chi connectivity index (χ1v) is 11.6. The van der Waals surface area contributed by atoms with Crippen LogP contribution in [0.15, 0.2) is 53.4 Å². The average molecular weight is 460 g/mol. The minimum Gasteiger partial charge on any atom is -0.449 e. The Kier molecular flexibility index (Phi) is 7.26. The Labute approximate surface area is 186 Å². The monoisotopic (exact) mass is 459 g/mol. The lowest BCUT2D eigenvalue weighted by molar-refractivity contribution is -0.123. The van der Waals surface area contributed by atoms with E-state index in [0.717, 1.165) is 12.8 Å². The summed E-state index contributed by atoms with van der Waals surface area (Å²) in [6.07, 6.45) is 0.504. The number of amides is 2. The van der Waals surface area contributed by atoms with Crippen molar-refractivity contribution in [3.63, 3.8) is 0 Å². The molecule has 2 amide bonds. The Morgan fingerprint density at radius 1 is 0.969 bits per heavy atom. The van der Waals surface area contributed by atoms with Crippen LogP contribution in [-0.2, 0) is 24.3 Å². The second kappa shape index (κ2) is 9.92. The van der Waals surface area contributed by atoms with Crippen molar-refractivity contribution in [2.24, 2.45) is 0 Å². The predicted octanol–water partition coefficient (Wildman–Crippen LogP) is 2.61. The predicted molar refractivity (Wildman–Crippen MR) is 119 cm³/mol. The molecule has 3 rings (SSSR count). The van der Waals surface area contributed by atoms with Crippen molar-refractivity contribution in [3.05, 3.63) is 54.1 Å². The molecule has 32 heavy (non-hydrogen) atoms. The Morgan fingerprint density at radius 3 is 2.16 bits per heavy atom. The fourth-order valence-electron chi connectivity index (χ4n) is 3.23. The molecule has 10 heteroatoms. The first-order valence-electron chi connectivity index (χ1n) is 10.2. The zero-order valence-corrected chi connectivity index (χ0v) is 18.6. The molecular formula is C22H25N3O6S. The normalized spacial score (nSPS) is 15.1. The molecule has 9 nitrogen and oxygen atoms in total. The summed E-state index contributed by atoms with van der Waals surface area (Å²) in [6.45, 7) is 3.73. The van der Waals surface area contributed by atoms with Gasteiger partial charge in [0.15, 0.2) is 6.10 Å². The number of hydrogen-bond acceptors (Lipinski definition) is 6. The number of rotatable bonds is 7. The molecule has 1 atom stereocenters. The summed E-state index contributed by atoms with van der Waals surface area (Å²) in [4.78, 5) is 36.0. The Hall–Kier alpha value is -3.24. The van der Waals surface area contributed by atoms with Crippen molar-refractivity contribution in [2.45, 2.75) is 37.7 Å². The van der Waals surface area contributed by atoms with Gasteiger partial charge in [-0.25, -0.2) is 13.2 Å². The molecule has 0 unspecified atom stereocenters. The number of carbonyl (C=O) groups excluding carboxylic acids is 3. The highest BCUT2D eigenvalue weighted by molar-refractivity contribution is 7.89. The Bertz CT molecular complexity index is 1110. The van der Waals surface area contributed by atoms with Crippen LogP contribution in [0.1, 0.15) is 37.0 Å². The van der Waals surface area contributed by atoms with Gasteiger partial charge in [0.1, 0.15) is 0 Å². The highest BCUT2D eigenvalue weighted by atomic mass is 32.2. The van der Waals surface area contributed by atoms with Gasteiger partial charge in [-0.05, 0) is 62.2 Å². The molecule has 0 saturated carbocycles. The van der Waals surface area contributed by atoms with E-state index in [1.165, 1.54) is 42.4 Å². The summed E-state index contributed by atoms with van der Waals surface area (Å²) in [5, 5.41) is 5.24. The fraction of sp³-hybridized carbons (Fsp3) is 0.318. The third-order valence-electron chi connectivity index (χ3n) is 4.90. The highest BCUT2D eigenvalue weighted by Crippen LogP contribution is 2.22. The number of hydrogen-bond donors (Lipinski definition) is 2. The van der Waals surface area contributed by atoms with E-state index in [4.69, 9.17) is 4.74 Å². The van der Waals surface area contributed by atoms with E-state index in [1.807, 2.05) is 0 Å². The molecule has 0 bridgehead atoms. The summed E-state index contributed by atoms with van der Waals surface area (Å²) in [5.41, 5.74) is 1.09. The van der Waals surface area contributed by atoms with Crippen molar-refractivity contribution < 1.29 is 27.5 Å². The zero-order valence-electron chi connectivity index (χ0n) is 17.8. The van der Waals surface area contributed by atoms with Gasteiger partial charge >= 0.3 is 5.97 Å². The van der Waals surface area contributed by atoms with Crippen molar-refractivity contribution in [1.29, 1.82) is 0 Å². The number of anilines is 2. The van der Waals surface area contributed by atoms with Gasteiger partial charge in [-0.15, -0.1) is 0 Å². The number of benzene rings is 2. The van der Waals surface area contributed by atoms with Gasteiger partial charge in [-0.3, -0.25) is 9.59 Å². The van der Waals surface area contributed by atoms with Crippen molar-refractivity contribution >= 4 is 39.2 Å². The molecule has 2 N–H and O–H groups in total. The lowest BCUT2D eigenvalue weighted by Gasteiger charge is -2.16. The molecule has 0 aliphatic carbocycles.